The number of hydrogen-bond donors (Lipinski definition) is 1. The van der Waals surface area contributed by atoms with E-state index in [9.17, 15) is 0 Å². The summed E-state index contributed by atoms with van der Waals surface area (Å²) < 4.78 is 0. The molecule has 0 aliphatic heterocycles. The summed E-state index contributed by atoms with van der Waals surface area (Å²) in [5.41, 5.74) is 4.00. The first-order valence-electron chi connectivity index (χ1n) is 7.65. The lowest BCUT2D eigenvalue weighted by Crippen LogP contribution is -1.99. The minimum atomic E-state index is 0.659. The Morgan fingerprint density at radius 1 is 0.792 bits per heavy atom. The Balaban J connectivity index is 1.92. The molecule has 0 saturated carbocycles. The third-order valence-electron chi connectivity index (χ3n) is 3.87. The van der Waals surface area contributed by atoms with Crippen LogP contribution >= 0.6 is 0 Å². The van der Waals surface area contributed by atoms with Crippen molar-refractivity contribution in [2.24, 2.45) is 0 Å². The van der Waals surface area contributed by atoms with Gasteiger partial charge in [0, 0.05) is 42.8 Å². The molecule has 3 aromatic heterocycles. The summed E-state index contributed by atoms with van der Waals surface area (Å²) >= 11 is 0. The maximum absolute atomic E-state index is 4.73. The highest BCUT2D eigenvalue weighted by molar-refractivity contribution is 5.93. The molecule has 0 spiro atoms. The van der Waals surface area contributed by atoms with E-state index in [1.165, 1.54) is 0 Å². The average molecular weight is 313 g/mol. The summed E-state index contributed by atoms with van der Waals surface area (Å²) in [6, 6.07) is 14.0. The number of nitrogens with zero attached hydrogens (tertiary/aromatic N) is 4. The van der Waals surface area contributed by atoms with Crippen molar-refractivity contribution in [2.75, 3.05) is 12.4 Å². The molecule has 5 nitrogen and oxygen atoms in total. The predicted molar refractivity (Wildman–Crippen MR) is 95.5 cm³/mol. The second kappa shape index (κ2) is 6.04. The largest absolute Gasteiger partial charge is 0.373 e. The number of rotatable bonds is 3. The Labute approximate surface area is 139 Å². The lowest BCUT2D eigenvalue weighted by Gasteiger charge is -2.10. The van der Waals surface area contributed by atoms with Crippen molar-refractivity contribution >= 4 is 16.7 Å². The molecule has 0 saturated heterocycles. The van der Waals surface area contributed by atoms with Gasteiger partial charge < -0.3 is 5.32 Å². The van der Waals surface area contributed by atoms with Crippen molar-refractivity contribution in [3.05, 3.63) is 67.3 Å². The summed E-state index contributed by atoms with van der Waals surface area (Å²) in [5.74, 6) is 1.46. The topological polar surface area (TPSA) is 63.6 Å². The number of hydrogen-bond acceptors (Lipinski definition) is 5. The van der Waals surface area contributed by atoms with E-state index in [-0.39, 0.29) is 0 Å². The highest BCUT2D eigenvalue weighted by Gasteiger charge is 2.10. The van der Waals surface area contributed by atoms with Crippen LogP contribution < -0.4 is 5.32 Å². The minimum absolute atomic E-state index is 0.659. The zero-order valence-electron chi connectivity index (χ0n) is 13.1. The maximum atomic E-state index is 4.73. The Hall–Kier alpha value is -3.34. The molecule has 116 valence electrons. The van der Waals surface area contributed by atoms with Gasteiger partial charge >= 0.3 is 0 Å². The first-order chi connectivity index (χ1) is 11.8. The smallest absolute Gasteiger partial charge is 0.163 e. The Kier molecular flexibility index (Phi) is 3.59. The predicted octanol–water partition coefficient (Wildman–Crippen LogP) is 3.80. The van der Waals surface area contributed by atoms with Gasteiger partial charge in [-0.2, -0.15) is 0 Å². The van der Waals surface area contributed by atoms with Gasteiger partial charge in [0.25, 0.3) is 0 Å². The quantitative estimate of drug-likeness (QED) is 0.623. The van der Waals surface area contributed by atoms with Gasteiger partial charge in [0.1, 0.15) is 5.82 Å². The molecule has 1 aromatic carbocycles. The number of aromatic nitrogens is 4. The van der Waals surface area contributed by atoms with Gasteiger partial charge in [0.2, 0.25) is 0 Å². The molecule has 0 radical (unpaired) electrons. The fourth-order valence-corrected chi connectivity index (χ4v) is 2.67. The fourth-order valence-electron chi connectivity index (χ4n) is 2.67. The second-order valence-corrected chi connectivity index (χ2v) is 5.36. The minimum Gasteiger partial charge on any atom is -0.373 e. The average Bonchev–Trinajstić information content (AvgIpc) is 2.68. The van der Waals surface area contributed by atoms with Crippen LogP contribution in [0.1, 0.15) is 0 Å². The highest BCUT2D eigenvalue weighted by Crippen LogP contribution is 2.28. The van der Waals surface area contributed by atoms with Crippen LogP contribution in [0.4, 0.5) is 5.82 Å². The van der Waals surface area contributed by atoms with E-state index in [1.807, 2.05) is 37.4 Å². The number of benzene rings is 1. The lowest BCUT2D eigenvalue weighted by molar-refractivity contribution is 1.20. The zero-order chi connectivity index (χ0) is 16.4. The molecule has 1 N–H and O–H groups in total. The van der Waals surface area contributed by atoms with E-state index < -0.39 is 0 Å². The number of pyridine rings is 2. The van der Waals surface area contributed by atoms with Crippen LogP contribution in [0, 0.1) is 0 Å². The van der Waals surface area contributed by atoms with Crippen molar-refractivity contribution in [3.63, 3.8) is 0 Å². The van der Waals surface area contributed by atoms with Crippen molar-refractivity contribution in [2.45, 2.75) is 0 Å². The number of fused-ring (bicyclic) bond motifs is 1. The summed E-state index contributed by atoms with van der Waals surface area (Å²) in [5, 5.41) is 4.15. The fraction of sp³-hybridized carbons (Fsp3) is 0.0526. The lowest BCUT2D eigenvalue weighted by atomic mass is 10.0. The maximum Gasteiger partial charge on any atom is 0.163 e. The SMILES string of the molecule is CNc1nc(-c2cccnc2)nc2cc(-c3ccncc3)ccc12. The van der Waals surface area contributed by atoms with Crippen molar-refractivity contribution in [1.29, 1.82) is 0 Å². The molecule has 0 amide bonds. The zero-order valence-corrected chi connectivity index (χ0v) is 13.1. The van der Waals surface area contributed by atoms with Crippen molar-refractivity contribution in [3.8, 4) is 22.5 Å². The van der Waals surface area contributed by atoms with Crippen molar-refractivity contribution in [1.82, 2.24) is 19.9 Å². The van der Waals surface area contributed by atoms with E-state index in [4.69, 9.17) is 4.98 Å². The molecule has 3 heterocycles. The van der Waals surface area contributed by atoms with E-state index in [1.54, 1.807) is 24.8 Å². The van der Waals surface area contributed by atoms with Crippen molar-refractivity contribution < 1.29 is 0 Å². The third-order valence-corrected chi connectivity index (χ3v) is 3.87. The monoisotopic (exact) mass is 313 g/mol. The molecule has 0 aliphatic carbocycles. The van der Waals surface area contributed by atoms with Gasteiger partial charge in [-0.15, -0.1) is 0 Å². The molecular weight excluding hydrogens is 298 g/mol. The van der Waals surface area contributed by atoms with E-state index in [2.05, 4.69) is 32.4 Å². The van der Waals surface area contributed by atoms with Crippen LogP contribution in [0.25, 0.3) is 33.4 Å². The molecular formula is C19H15N5. The van der Waals surface area contributed by atoms with Crippen LogP contribution in [-0.2, 0) is 0 Å². The molecule has 0 bridgehead atoms. The van der Waals surface area contributed by atoms with Gasteiger partial charge in [-0.3, -0.25) is 9.97 Å². The molecule has 24 heavy (non-hydrogen) atoms. The van der Waals surface area contributed by atoms with E-state index in [0.717, 1.165) is 33.4 Å². The molecule has 0 unspecified atom stereocenters. The molecule has 4 rings (SSSR count). The van der Waals surface area contributed by atoms with Crippen LogP contribution in [-0.4, -0.2) is 27.0 Å². The number of nitrogens with one attached hydrogen (secondary N) is 1. The van der Waals surface area contributed by atoms with E-state index >= 15 is 0 Å². The first kappa shape index (κ1) is 14.3. The summed E-state index contributed by atoms with van der Waals surface area (Å²) in [7, 11) is 1.87. The molecule has 5 heteroatoms. The van der Waals surface area contributed by atoms with Gasteiger partial charge in [0.15, 0.2) is 5.82 Å². The van der Waals surface area contributed by atoms with Gasteiger partial charge in [-0.05, 0) is 47.5 Å². The first-order valence-corrected chi connectivity index (χ1v) is 7.65. The number of anilines is 1. The third kappa shape index (κ3) is 2.56. The van der Waals surface area contributed by atoms with Crippen LogP contribution in [0.15, 0.2) is 67.3 Å². The van der Waals surface area contributed by atoms with E-state index in [0.29, 0.717) is 5.82 Å². The molecule has 0 fully saturated rings. The summed E-state index contributed by atoms with van der Waals surface area (Å²) in [6.45, 7) is 0. The summed E-state index contributed by atoms with van der Waals surface area (Å²) in [4.78, 5) is 17.6. The summed E-state index contributed by atoms with van der Waals surface area (Å²) in [6.07, 6.45) is 7.09. The van der Waals surface area contributed by atoms with Crippen LogP contribution in [0.2, 0.25) is 0 Å². The Morgan fingerprint density at radius 2 is 1.67 bits per heavy atom. The second-order valence-electron chi connectivity index (χ2n) is 5.36. The van der Waals surface area contributed by atoms with Crippen LogP contribution in [0.3, 0.4) is 0 Å². The normalized spacial score (nSPS) is 10.7. The van der Waals surface area contributed by atoms with Gasteiger partial charge in [0.05, 0.1) is 5.52 Å². The Morgan fingerprint density at radius 3 is 2.42 bits per heavy atom. The molecule has 0 atom stereocenters. The van der Waals surface area contributed by atoms with Gasteiger partial charge in [-0.1, -0.05) is 6.07 Å². The standard InChI is InChI=1S/C19H15N5/c1-20-19-16-5-4-14(13-6-9-21-10-7-13)11-17(16)23-18(24-19)15-3-2-8-22-12-15/h2-12H,1H3,(H,20,23,24). The Bertz CT molecular complexity index is 979. The molecule has 4 aromatic rings. The highest BCUT2D eigenvalue weighted by atomic mass is 15.0. The molecule has 0 aliphatic rings. The van der Waals surface area contributed by atoms with Crippen LogP contribution in [0.5, 0.6) is 0 Å². The van der Waals surface area contributed by atoms with Gasteiger partial charge in [-0.25, -0.2) is 9.97 Å².